The molecule has 18 heavy (non-hydrogen) atoms. The predicted molar refractivity (Wildman–Crippen MR) is 75.9 cm³/mol. The first-order chi connectivity index (χ1) is 8.30. The lowest BCUT2D eigenvalue weighted by atomic mass is 9.98. The van der Waals surface area contributed by atoms with Crippen molar-refractivity contribution in [2.24, 2.45) is 5.92 Å². The van der Waals surface area contributed by atoms with E-state index < -0.39 is 11.5 Å². The summed E-state index contributed by atoms with van der Waals surface area (Å²) in [5.41, 5.74) is -0.878. The molecular weight excluding hydrogens is 228 g/mol. The standard InChI is InChI=1S/C14H30N2O2/c1-7-12(8-2)16(9-11(3)4)10-14(5,15-6)13(17)18/h11-12,15H,7-10H2,1-6H3,(H,17,18). The van der Waals surface area contributed by atoms with Gasteiger partial charge in [-0.15, -0.1) is 0 Å². The van der Waals surface area contributed by atoms with Crippen molar-refractivity contribution in [3.05, 3.63) is 0 Å². The van der Waals surface area contributed by atoms with Crippen LogP contribution in [0.4, 0.5) is 0 Å². The first kappa shape index (κ1) is 17.4. The van der Waals surface area contributed by atoms with Gasteiger partial charge in [-0.2, -0.15) is 0 Å². The zero-order valence-electron chi connectivity index (χ0n) is 12.8. The Labute approximate surface area is 112 Å². The molecule has 0 saturated heterocycles. The van der Waals surface area contributed by atoms with Gasteiger partial charge in [0.15, 0.2) is 0 Å². The monoisotopic (exact) mass is 258 g/mol. The minimum absolute atomic E-state index is 0.458. The van der Waals surface area contributed by atoms with Gasteiger partial charge in [0.05, 0.1) is 0 Å². The van der Waals surface area contributed by atoms with Crippen molar-refractivity contribution in [1.82, 2.24) is 10.2 Å². The van der Waals surface area contributed by atoms with Crippen LogP contribution in [0.2, 0.25) is 0 Å². The van der Waals surface area contributed by atoms with Gasteiger partial charge in [0, 0.05) is 19.1 Å². The summed E-state index contributed by atoms with van der Waals surface area (Å²) < 4.78 is 0. The number of rotatable bonds is 9. The number of nitrogens with one attached hydrogen (secondary N) is 1. The van der Waals surface area contributed by atoms with E-state index in [9.17, 15) is 9.90 Å². The summed E-state index contributed by atoms with van der Waals surface area (Å²) in [6.07, 6.45) is 2.12. The Morgan fingerprint density at radius 1 is 1.33 bits per heavy atom. The molecule has 108 valence electrons. The molecule has 0 heterocycles. The fourth-order valence-electron chi connectivity index (χ4n) is 2.28. The van der Waals surface area contributed by atoms with E-state index in [0.717, 1.165) is 19.4 Å². The molecule has 0 spiro atoms. The molecule has 0 aromatic carbocycles. The summed E-state index contributed by atoms with van der Waals surface area (Å²) in [5, 5.41) is 12.3. The van der Waals surface area contributed by atoms with Gasteiger partial charge in [-0.05, 0) is 32.7 Å². The van der Waals surface area contributed by atoms with Crippen LogP contribution in [0.1, 0.15) is 47.5 Å². The highest BCUT2D eigenvalue weighted by Crippen LogP contribution is 2.16. The van der Waals surface area contributed by atoms with Crippen molar-refractivity contribution in [2.45, 2.75) is 59.0 Å². The van der Waals surface area contributed by atoms with Gasteiger partial charge in [0.25, 0.3) is 0 Å². The fraction of sp³-hybridized carbons (Fsp3) is 0.929. The molecule has 1 unspecified atom stereocenters. The van der Waals surface area contributed by atoms with Gasteiger partial charge in [0.1, 0.15) is 5.54 Å². The smallest absolute Gasteiger partial charge is 0.324 e. The quantitative estimate of drug-likeness (QED) is 0.665. The van der Waals surface area contributed by atoms with Crippen LogP contribution in [-0.2, 0) is 4.79 Å². The van der Waals surface area contributed by atoms with Crippen LogP contribution >= 0.6 is 0 Å². The zero-order valence-corrected chi connectivity index (χ0v) is 12.8. The molecule has 4 nitrogen and oxygen atoms in total. The predicted octanol–water partition coefficient (Wildman–Crippen LogP) is 2.20. The van der Waals surface area contributed by atoms with E-state index in [0.29, 0.717) is 18.5 Å². The second-order valence-corrected chi connectivity index (χ2v) is 5.68. The molecule has 4 heteroatoms. The van der Waals surface area contributed by atoms with Gasteiger partial charge < -0.3 is 10.4 Å². The van der Waals surface area contributed by atoms with E-state index in [1.165, 1.54) is 0 Å². The molecule has 0 saturated carbocycles. The number of nitrogens with zero attached hydrogens (tertiary/aromatic N) is 1. The lowest BCUT2D eigenvalue weighted by molar-refractivity contribution is -0.145. The molecule has 0 aliphatic rings. The highest BCUT2D eigenvalue weighted by Gasteiger charge is 2.35. The number of hydrogen-bond donors (Lipinski definition) is 2. The van der Waals surface area contributed by atoms with E-state index in [1.54, 1.807) is 14.0 Å². The van der Waals surface area contributed by atoms with Crippen LogP contribution < -0.4 is 5.32 Å². The molecule has 0 aliphatic carbocycles. The Balaban J connectivity index is 4.91. The van der Waals surface area contributed by atoms with Gasteiger partial charge in [-0.1, -0.05) is 27.7 Å². The normalized spacial score (nSPS) is 15.4. The minimum atomic E-state index is -0.878. The molecule has 2 N–H and O–H groups in total. The van der Waals surface area contributed by atoms with Crippen LogP contribution in [0.3, 0.4) is 0 Å². The van der Waals surface area contributed by atoms with Crippen molar-refractivity contribution in [3.8, 4) is 0 Å². The number of hydrogen-bond acceptors (Lipinski definition) is 3. The van der Waals surface area contributed by atoms with Gasteiger partial charge in [0.2, 0.25) is 0 Å². The highest BCUT2D eigenvalue weighted by molar-refractivity contribution is 5.78. The number of carbonyl (C=O) groups is 1. The molecule has 0 amide bonds. The third-order valence-electron chi connectivity index (χ3n) is 3.60. The van der Waals surface area contributed by atoms with Crippen LogP contribution in [0.15, 0.2) is 0 Å². The second-order valence-electron chi connectivity index (χ2n) is 5.68. The zero-order chi connectivity index (χ0) is 14.3. The van der Waals surface area contributed by atoms with Crippen molar-refractivity contribution in [1.29, 1.82) is 0 Å². The molecule has 0 aliphatic heterocycles. The molecular formula is C14H30N2O2. The Kier molecular flexibility index (Phi) is 7.48. The van der Waals surface area contributed by atoms with Crippen molar-refractivity contribution in [2.75, 3.05) is 20.1 Å². The maximum atomic E-state index is 11.4. The molecule has 0 bridgehead atoms. The first-order valence-corrected chi connectivity index (χ1v) is 6.97. The Bertz CT molecular complexity index is 252. The minimum Gasteiger partial charge on any atom is -0.480 e. The Morgan fingerprint density at radius 2 is 1.83 bits per heavy atom. The summed E-state index contributed by atoms with van der Waals surface area (Å²) in [7, 11) is 1.72. The molecule has 0 rings (SSSR count). The first-order valence-electron chi connectivity index (χ1n) is 6.97. The summed E-state index contributed by atoms with van der Waals surface area (Å²) in [6, 6.07) is 0.458. The Morgan fingerprint density at radius 3 is 2.11 bits per heavy atom. The SMILES string of the molecule is CCC(CC)N(CC(C)C)CC(C)(NC)C(=O)O. The molecule has 0 aromatic rings. The van der Waals surface area contributed by atoms with E-state index >= 15 is 0 Å². The van der Waals surface area contributed by atoms with E-state index in [4.69, 9.17) is 0 Å². The van der Waals surface area contributed by atoms with Crippen molar-refractivity contribution < 1.29 is 9.90 Å². The van der Waals surface area contributed by atoms with Crippen LogP contribution in [0.5, 0.6) is 0 Å². The lowest BCUT2D eigenvalue weighted by Crippen LogP contribution is -2.57. The summed E-state index contributed by atoms with van der Waals surface area (Å²) in [6.45, 7) is 11.9. The number of likely N-dealkylation sites (N-methyl/N-ethyl adjacent to an activating group) is 1. The lowest BCUT2D eigenvalue weighted by Gasteiger charge is -2.37. The van der Waals surface area contributed by atoms with Gasteiger partial charge in [-0.3, -0.25) is 9.69 Å². The van der Waals surface area contributed by atoms with E-state index in [1.807, 2.05) is 0 Å². The third-order valence-corrected chi connectivity index (χ3v) is 3.60. The Hall–Kier alpha value is -0.610. The maximum absolute atomic E-state index is 11.4. The highest BCUT2D eigenvalue weighted by atomic mass is 16.4. The molecule has 0 aromatic heterocycles. The fourth-order valence-corrected chi connectivity index (χ4v) is 2.28. The number of aliphatic carboxylic acids is 1. The van der Waals surface area contributed by atoms with E-state index in [2.05, 4.69) is 37.9 Å². The largest absolute Gasteiger partial charge is 0.480 e. The third kappa shape index (κ3) is 4.94. The van der Waals surface area contributed by atoms with Crippen molar-refractivity contribution in [3.63, 3.8) is 0 Å². The molecule has 0 fully saturated rings. The number of carboxylic acids is 1. The summed E-state index contributed by atoms with van der Waals surface area (Å²) in [5.74, 6) is -0.245. The average molecular weight is 258 g/mol. The molecule has 1 atom stereocenters. The maximum Gasteiger partial charge on any atom is 0.324 e. The van der Waals surface area contributed by atoms with Crippen molar-refractivity contribution >= 4 is 5.97 Å². The van der Waals surface area contributed by atoms with Crippen LogP contribution in [-0.4, -0.2) is 47.7 Å². The summed E-state index contributed by atoms with van der Waals surface area (Å²) in [4.78, 5) is 13.7. The van der Waals surface area contributed by atoms with Crippen LogP contribution in [0.25, 0.3) is 0 Å². The number of carboxylic acid groups (broad SMARTS) is 1. The van der Waals surface area contributed by atoms with E-state index in [-0.39, 0.29) is 0 Å². The van der Waals surface area contributed by atoms with Gasteiger partial charge >= 0.3 is 5.97 Å². The second kappa shape index (κ2) is 7.74. The topological polar surface area (TPSA) is 52.6 Å². The van der Waals surface area contributed by atoms with Gasteiger partial charge in [-0.25, -0.2) is 0 Å². The average Bonchev–Trinajstić information content (AvgIpc) is 2.29. The van der Waals surface area contributed by atoms with Crippen LogP contribution in [0, 0.1) is 5.92 Å². The summed E-state index contributed by atoms with van der Waals surface area (Å²) >= 11 is 0. The molecule has 0 radical (unpaired) electrons.